The number of rotatable bonds is 28. The van der Waals surface area contributed by atoms with E-state index in [2.05, 4.69) is 10.6 Å². The number of carbonyl (C=O) groups is 4. The first-order valence-electron chi connectivity index (χ1n) is 23.7. The number of ether oxygens (including phenoxy) is 8. The van der Waals surface area contributed by atoms with Crippen molar-refractivity contribution < 1.29 is 123 Å². The van der Waals surface area contributed by atoms with Crippen molar-refractivity contribution in [1.82, 2.24) is 10.6 Å². The molecule has 70 heavy (non-hydrogen) atoms. The lowest BCUT2D eigenvalue weighted by molar-refractivity contribution is -0.366. The number of unbranched alkanes of at least 4 members (excludes halogenated alkanes) is 1. The summed E-state index contributed by atoms with van der Waals surface area (Å²) in [5.74, 6) is -1.50. The van der Waals surface area contributed by atoms with Gasteiger partial charge in [0.2, 0.25) is 11.8 Å². The highest BCUT2D eigenvalue weighted by atomic mass is 16.8. The molecule has 2 amide bonds. The van der Waals surface area contributed by atoms with Crippen LogP contribution in [0.2, 0.25) is 0 Å². The minimum absolute atomic E-state index is 0.0204. The highest BCUT2D eigenvalue weighted by Gasteiger charge is 2.52. The van der Waals surface area contributed by atoms with Crippen molar-refractivity contribution in [2.45, 2.75) is 207 Å². The van der Waals surface area contributed by atoms with Crippen LogP contribution in [0.1, 0.15) is 78.1 Å². The second kappa shape index (κ2) is 29.4. The zero-order chi connectivity index (χ0) is 51.8. The minimum atomic E-state index is -1.97. The number of Topliss-reactive ketones (excluding diaryl/α,β-unsaturated/α-hetero) is 2. The molecule has 15 N–H and O–H groups in total. The van der Waals surface area contributed by atoms with E-state index in [9.17, 15) is 85.6 Å². The summed E-state index contributed by atoms with van der Waals surface area (Å²) in [5.41, 5.74) is 0. The molecule has 0 aliphatic carbocycles. The minimum Gasteiger partial charge on any atom is -0.394 e. The standard InChI is InChI=1S/C43H74N2O25/c1-3-7-20(48)8-4-5-10-26(50)45-22(12-11-21(49)9-6-14-63-40-34(58)31(55)27(51)19(2)66-40)39(62)44-13-15-64-42-37(61)38(70-43-36(60)33(57)29(53)24(17-47)68-43)30(54)25(69-42)18-65-41-35(59)32(56)28(52)23(16-46)67-41/h19,22-25,27-38,40-43,46-47,51-61H,3-18H2,1-2H3,(H,44,62)(H,45,50)/t19-,22-,23+,24+,25+,27+,28+,29+,30+,31+,32-,33-,34-,35-,36-,37-,38-,40+,41-,42-,43+/m0/s1. The molecule has 21 atom stereocenters. The Balaban J connectivity index is 1.38. The molecule has 4 fully saturated rings. The van der Waals surface area contributed by atoms with Crippen molar-refractivity contribution in [3.63, 3.8) is 0 Å². The van der Waals surface area contributed by atoms with Crippen molar-refractivity contribution in [3.05, 3.63) is 0 Å². The van der Waals surface area contributed by atoms with Crippen molar-refractivity contribution in [2.24, 2.45) is 0 Å². The van der Waals surface area contributed by atoms with Crippen LogP contribution in [-0.4, -0.2) is 258 Å². The van der Waals surface area contributed by atoms with Crippen LogP contribution in [-0.2, 0) is 57.1 Å². The van der Waals surface area contributed by atoms with Crippen LogP contribution in [0.3, 0.4) is 0 Å². The summed E-state index contributed by atoms with van der Waals surface area (Å²) in [6, 6.07) is -1.23. The topological polar surface area (TPSA) is 429 Å². The monoisotopic (exact) mass is 1020 g/mol. The Kier molecular flexibility index (Phi) is 25.2. The number of aliphatic hydroxyl groups is 13. The van der Waals surface area contributed by atoms with E-state index in [-0.39, 0.29) is 56.8 Å². The lowest BCUT2D eigenvalue weighted by Crippen LogP contribution is -2.65. The van der Waals surface area contributed by atoms with Crippen molar-refractivity contribution in [3.8, 4) is 0 Å². The number of aliphatic hydroxyl groups excluding tert-OH is 13. The molecule has 4 heterocycles. The molecule has 4 saturated heterocycles. The molecule has 406 valence electrons. The molecular weight excluding hydrogens is 944 g/mol. The number of nitrogens with one attached hydrogen (secondary N) is 2. The van der Waals surface area contributed by atoms with Gasteiger partial charge in [0, 0.05) is 38.6 Å². The van der Waals surface area contributed by atoms with Gasteiger partial charge in [-0.15, -0.1) is 0 Å². The maximum absolute atomic E-state index is 13.5. The quantitative estimate of drug-likeness (QED) is 0.0324. The van der Waals surface area contributed by atoms with E-state index in [1.54, 1.807) is 0 Å². The lowest BCUT2D eigenvalue weighted by Gasteiger charge is -2.46. The largest absolute Gasteiger partial charge is 0.394 e. The molecule has 0 aromatic heterocycles. The van der Waals surface area contributed by atoms with E-state index in [0.29, 0.717) is 32.1 Å². The molecule has 4 aliphatic heterocycles. The van der Waals surface area contributed by atoms with Crippen LogP contribution in [0.15, 0.2) is 0 Å². The van der Waals surface area contributed by atoms with Crippen LogP contribution >= 0.6 is 0 Å². The summed E-state index contributed by atoms with van der Waals surface area (Å²) in [5, 5.41) is 139. The Morgan fingerprint density at radius 1 is 0.529 bits per heavy atom. The van der Waals surface area contributed by atoms with Gasteiger partial charge in [-0.3, -0.25) is 19.2 Å². The SMILES string of the molecule is CCCC(=O)CCCCC(=O)N[C@@H](CCC(=O)CCCO[C@@H]1O[C@@H](C)[C@@H](O)[C@@H](O)[C@@H]1O)C(=O)NCCO[C@H]1O[C@H](CO[C@H]2O[C@H](CO)[C@@H](O)[C@H](O)[C@@H]2O)[C@@H](O)[C@H](O[C@H]2O[C@H](CO)[C@@H](O)[C@H](O)[C@@H]2O)[C@@H]1O. The van der Waals surface area contributed by atoms with Crippen molar-refractivity contribution in [2.75, 3.05) is 39.6 Å². The molecule has 4 aliphatic rings. The van der Waals surface area contributed by atoms with E-state index < -0.39 is 167 Å². The predicted octanol–water partition coefficient (Wildman–Crippen LogP) is -7.04. The normalized spacial score (nSPS) is 38.4. The maximum Gasteiger partial charge on any atom is 0.242 e. The van der Waals surface area contributed by atoms with Gasteiger partial charge in [0.1, 0.15) is 109 Å². The Bertz CT molecular complexity index is 1600. The van der Waals surface area contributed by atoms with Gasteiger partial charge in [-0.05, 0) is 39.0 Å². The fraction of sp³-hybridized carbons (Fsp3) is 0.907. The van der Waals surface area contributed by atoms with E-state index in [1.165, 1.54) is 6.92 Å². The van der Waals surface area contributed by atoms with Gasteiger partial charge in [-0.1, -0.05) is 6.92 Å². The van der Waals surface area contributed by atoms with Crippen LogP contribution < -0.4 is 10.6 Å². The molecule has 27 heteroatoms. The number of hydrogen-bond donors (Lipinski definition) is 15. The molecule has 0 spiro atoms. The van der Waals surface area contributed by atoms with Crippen molar-refractivity contribution in [1.29, 1.82) is 0 Å². The van der Waals surface area contributed by atoms with E-state index >= 15 is 0 Å². The first kappa shape index (κ1) is 60.0. The zero-order valence-corrected chi connectivity index (χ0v) is 39.2. The summed E-state index contributed by atoms with van der Waals surface area (Å²) in [4.78, 5) is 51.4. The first-order chi connectivity index (χ1) is 33.2. The molecule has 0 aromatic carbocycles. The molecule has 4 rings (SSSR count). The van der Waals surface area contributed by atoms with E-state index in [0.717, 1.165) is 0 Å². The second-order valence-electron chi connectivity index (χ2n) is 17.9. The maximum atomic E-state index is 13.5. The van der Waals surface area contributed by atoms with E-state index in [1.807, 2.05) is 6.92 Å². The number of hydrogen-bond acceptors (Lipinski definition) is 25. The lowest BCUT2D eigenvalue weighted by atomic mass is 9.96. The summed E-state index contributed by atoms with van der Waals surface area (Å²) in [6.45, 7) is 0.233. The van der Waals surface area contributed by atoms with E-state index in [4.69, 9.17) is 37.9 Å². The molecule has 0 saturated carbocycles. The van der Waals surface area contributed by atoms with Crippen LogP contribution in [0.25, 0.3) is 0 Å². The highest BCUT2D eigenvalue weighted by molar-refractivity contribution is 5.88. The van der Waals surface area contributed by atoms with Gasteiger partial charge in [-0.2, -0.15) is 0 Å². The molecule has 27 nitrogen and oxygen atoms in total. The number of amides is 2. The molecule has 0 bridgehead atoms. The average molecular weight is 1020 g/mol. The Morgan fingerprint density at radius 3 is 1.67 bits per heavy atom. The molecule has 0 radical (unpaired) electrons. The van der Waals surface area contributed by atoms with Gasteiger partial charge in [0.25, 0.3) is 0 Å². The zero-order valence-electron chi connectivity index (χ0n) is 39.2. The average Bonchev–Trinajstić information content (AvgIpc) is 3.33. The van der Waals surface area contributed by atoms with Gasteiger partial charge in [-0.25, -0.2) is 0 Å². The summed E-state index contributed by atoms with van der Waals surface area (Å²) in [6.07, 6.45) is -30.8. The summed E-state index contributed by atoms with van der Waals surface area (Å²) in [7, 11) is 0. The Hall–Kier alpha value is -2.56. The molecular formula is C43H74N2O25. The Morgan fingerprint density at radius 2 is 1.04 bits per heavy atom. The number of carbonyl (C=O) groups excluding carboxylic acids is 4. The summed E-state index contributed by atoms with van der Waals surface area (Å²) < 4.78 is 44.4. The third kappa shape index (κ3) is 16.7. The van der Waals surface area contributed by atoms with Gasteiger partial charge in [0.05, 0.1) is 39.1 Å². The van der Waals surface area contributed by atoms with Crippen LogP contribution in [0.4, 0.5) is 0 Å². The molecule has 0 aromatic rings. The number of ketones is 2. The summed E-state index contributed by atoms with van der Waals surface area (Å²) >= 11 is 0. The first-order valence-corrected chi connectivity index (χ1v) is 23.7. The second-order valence-corrected chi connectivity index (χ2v) is 17.9. The molecule has 0 unspecified atom stereocenters. The van der Waals surface area contributed by atoms with Crippen molar-refractivity contribution >= 4 is 23.4 Å². The third-order valence-electron chi connectivity index (χ3n) is 12.4. The van der Waals surface area contributed by atoms with Crippen LogP contribution in [0.5, 0.6) is 0 Å². The van der Waals surface area contributed by atoms with Gasteiger partial charge >= 0.3 is 0 Å². The smallest absolute Gasteiger partial charge is 0.242 e. The van der Waals surface area contributed by atoms with Gasteiger partial charge < -0.3 is 115 Å². The highest BCUT2D eigenvalue weighted by Crippen LogP contribution is 2.31. The van der Waals surface area contributed by atoms with Gasteiger partial charge in [0.15, 0.2) is 25.2 Å². The van der Waals surface area contributed by atoms with Crippen LogP contribution in [0, 0.1) is 0 Å². The predicted molar refractivity (Wildman–Crippen MR) is 230 cm³/mol. The fourth-order valence-corrected chi connectivity index (χ4v) is 8.14. The fourth-order valence-electron chi connectivity index (χ4n) is 8.14. The third-order valence-corrected chi connectivity index (χ3v) is 12.4. The Labute approximate surface area is 403 Å².